The highest BCUT2D eigenvalue weighted by atomic mass is 19.3. The molecule has 0 unspecified atom stereocenters. The number of nitrogens with one attached hydrogen (secondary N) is 1. The van der Waals surface area contributed by atoms with Gasteiger partial charge in [0, 0.05) is 11.7 Å². The number of aromatic nitrogens is 3. The standard InChI is InChI=1S/C23H29F2N5O3/c1-7-9-18(29(22(32)33)23(4,5)6)15-10-11-26-16(12-15)19-17(13-27-30(19)21(24)25)28-20(31)14(3)8-2/h7-8,10-14,18,21H,1-2,9H2,3-6H3,(H,28,31)(H,32,33)/t14-,18+/m1/s1. The highest BCUT2D eigenvalue weighted by Gasteiger charge is 2.34. The van der Waals surface area contributed by atoms with Gasteiger partial charge < -0.3 is 10.4 Å². The molecule has 0 saturated carbocycles. The normalized spacial score (nSPS) is 13.3. The minimum Gasteiger partial charge on any atom is -0.465 e. The summed E-state index contributed by atoms with van der Waals surface area (Å²) in [5.74, 6) is -0.995. The van der Waals surface area contributed by atoms with Crippen molar-refractivity contribution in [1.29, 1.82) is 0 Å². The summed E-state index contributed by atoms with van der Waals surface area (Å²) < 4.78 is 27.9. The van der Waals surface area contributed by atoms with Crippen molar-refractivity contribution in [2.24, 2.45) is 5.92 Å². The van der Waals surface area contributed by atoms with Crippen LogP contribution in [0, 0.1) is 5.92 Å². The van der Waals surface area contributed by atoms with Crippen LogP contribution >= 0.6 is 0 Å². The number of carbonyl (C=O) groups excluding carboxylic acids is 1. The lowest BCUT2D eigenvalue weighted by atomic mass is 9.96. The van der Waals surface area contributed by atoms with Crippen LogP contribution in [-0.2, 0) is 4.79 Å². The van der Waals surface area contributed by atoms with E-state index in [1.165, 1.54) is 23.2 Å². The molecule has 10 heteroatoms. The van der Waals surface area contributed by atoms with E-state index in [-0.39, 0.29) is 17.1 Å². The highest BCUT2D eigenvalue weighted by molar-refractivity contribution is 5.96. The van der Waals surface area contributed by atoms with Gasteiger partial charge in [-0.1, -0.05) is 19.1 Å². The predicted molar refractivity (Wildman–Crippen MR) is 122 cm³/mol. The van der Waals surface area contributed by atoms with Gasteiger partial charge in [0.2, 0.25) is 5.91 Å². The smallest absolute Gasteiger partial charge is 0.408 e. The van der Waals surface area contributed by atoms with Crippen LogP contribution in [-0.4, -0.2) is 42.3 Å². The first-order chi connectivity index (χ1) is 15.4. The summed E-state index contributed by atoms with van der Waals surface area (Å²) in [6.07, 6.45) is 4.72. The third-order valence-electron chi connectivity index (χ3n) is 5.05. The van der Waals surface area contributed by atoms with Crippen LogP contribution in [0.3, 0.4) is 0 Å². The van der Waals surface area contributed by atoms with E-state index in [9.17, 15) is 23.5 Å². The number of pyridine rings is 1. The molecule has 0 aliphatic rings. The number of carbonyl (C=O) groups is 2. The van der Waals surface area contributed by atoms with Crippen molar-refractivity contribution >= 4 is 17.7 Å². The molecule has 0 radical (unpaired) electrons. The van der Waals surface area contributed by atoms with Gasteiger partial charge in [0.15, 0.2) is 0 Å². The average molecular weight is 462 g/mol. The fraction of sp³-hybridized carbons (Fsp3) is 0.391. The number of nitrogens with zero attached hydrogens (tertiary/aromatic N) is 4. The topological polar surface area (TPSA) is 100 Å². The number of carboxylic acid groups (broad SMARTS) is 1. The monoisotopic (exact) mass is 461 g/mol. The van der Waals surface area contributed by atoms with Crippen LogP contribution in [0.5, 0.6) is 0 Å². The van der Waals surface area contributed by atoms with Crippen LogP contribution < -0.4 is 5.32 Å². The number of anilines is 1. The molecule has 8 nitrogen and oxygen atoms in total. The van der Waals surface area contributed by atoms with Crippen LogP contribution in [0.25, 0.3) is 11.4 Å². The second-order valence-electron chi connectivity index (χ2n) is 8.48. The SMILES string of the molecule is C=CC[C@@H](c1ccnc(-c2c(NC(=O)[C@H](C)C=C)cnn2C(F)F)c1)N(C(=O)O)C(C)(C)C. The maximum atomic E-state index is 13.7. The molecule has 0 fully saturated rings. The van der Waals surface area contributed by atoms with Gasteiger partial charge in [-0.25, -0.2) is 4.79 Å². The third kappa shape index (κ3) is 5.82. The van der Waals surface area contributed by atoms with Gasteiger partial charge in [-0.05, 0) is 44.9 Å². The molecule has 2 amide bonds. The minimum atomic E-state index is -2.98. The molecule has 0 saturated heterocycles. The van der Waals surface area contributed by atoms with Crippen molar-refractivity contribution in [1.82, 2.24) is 19.7 Å². The van der Waals surface area contributed by atoms with E-state index in [0.717, 1.165) is 6.20 Å². The van der Waals surface area contributed by atoms with Crippen LogP contribution in [0.4, 0.5) is 19.3 Å². The number of alkyl halides is 2. The Morgan fingerprint density at radius 3 is 2.52 bits per heavy atom. The zero-order valence-corrected chi connectivity index (χ0v) is 19.1. The Morgan fingerprint density at radius 1 is 1.33 bits per heavy atom. The van der Waals surface area contributed by atoms with Crippen LogP contribution in [0.15, 0.2) is 49.8 Å². The van der Waals surface area contributed by atoms with Crippen molar-refractivity contribution < 1.29 is 23.5 Å². The summed E-state index contributed by atoms with van der Waals surface area (Å²) in [5.41, 5.74) is -0.124. The van der Waals surface area contributed by atoms with Crippen molar-refractivity contribution in [2.45, 2.75) is 52.2 Å². The van der Waals surface area contributed by atoms with E-state index in [1.807, 2.05) is 0 Å². The van der Waals surface area contributed by atoms with Gasteiger partial charge in [0.1, 0.15) is 5.69 Å². The van der Waals surface area contributed by atoms with E-state index < -0.39 is 36.0 Å². The van der Waals surface area contributed by atoms with Crippen molar-refractivity contribution in [3.63, 3.8) is 0 Å². The Balaban J connectivity index is 2.63. The van der Waals surface area contributed by atoms with Crippen molar-refractivity contribution in [2.75, 3.05) is 5.32 Å². The van der Waals surface area contributed by atoms with Gasteiger partial charge in [-0.3, -0.25) is 14.7 Å². The highest BCUT2D eigenvalue weighted by Crippen LogP contribution is 2.35. The Kier molecular flexibility index (Phi) is 8.08. The summed E-state index contributed by atoms with van der Waals surface area (Å²) in [5, 5.41) is 16.2. The van der Waals surface area contributed by atoms with Crippen molar-refractivity contribution in [3.8, 4) is 11.4 Å². The largest absolute Gasteiger partial charge is 0.465 e. The lowest BCUT2D eigenvalue weighted by Gasteiger charge is -2.39. The first-order valence-corrected chi connectivity index (χ1v) is 10.3. The Morgan fingerprint density at radius 2 is 2.00 bits per heavy atom. The second kappa shape index (κ2) is 10.4. The zero-order chi connectivity index (χ0) is 24.9. The number of hydrogen-bond donors (Lipinski definition) is 2. The Hall–Kier alpha value is -3.56. The van der Waals surface area contributed by atoms with Gasteiger partial charge in [0.25, 0.3) is 0 Å². The maximum Gasteiger partial charge on any atom is 0.408 e. The van der Waals surface area contributed by atoms with Gasteiger partial charge in [-0.2, -0.15) is 18.6 Å². The van der Waals surface area contributed by atoms with E-state index in [1.54, 1.807) is 39.8 Å². The lowest BCUT2D eigenvalue weighted by Crippen LogP contribution is -2.47. The minimum absolute atomic E-state index is 0.0600. The molecule has 2 aromatic heterocycles. The molecule has 2 aromatic rings. The van der Waals surface area contributed by atoms with Crippen LogP contribution in [0.2, 0.25) is 0 Å². The predicted octanol–water partition coefficient (Wildman–Crippen LogP) is 5.50. The van der Waals surface area contributed by atoms with Gasteiger partial charge in [-0.15, -0.1) is 13.2 Å². The summed E-state index contributed by atoms with van der Waals surface area (Å²) in [7, 11) is 0. The lowest BCUT2D eigenvalue weighted by molar-refractivity contribution is -0.118. The molecular weight excluding hydrogens is 432 g/mol. The van der Waals surface area contributed by atoms with Crippen molar-refractivity contribution in [3.05, 3.63) is 55.4 Å². The summed E-state index contributed by atoms with van der Waals surface area (Å²) in [6, 6.07) is 2.52. The van der Waals surface area contributed by atoms with E-state index >= 15 is 0 Å². The van der Waals surface area contributed by atoms with E-state index in [0.29, 0.717) is 16.7 Å². The average Bonchev–Trinajstić information content (AvgIpc) is 3.15. The van der Waals surface area contributed by atoms with E-state index in [4.69, 9.17) is 0 Å². The summed E-state index contributed by atoms with van der Waals surface area (Å²) in [4.78, 5) is 29.9. The number of halogens is 2. The first-order valence-electron chi connectivity index (χ1n) is 10.3. The van der Waals surface area contributed by atoms with Gasteiger partial charge in [0.05, 0.1) is 29.5 Å². The molecule has 2 heterocycles. The molecule has 0 spiro atoms. The maximum absolute atomic E-state index is 13.7. The molecule has 2 N–H and O–H groups in total. The van der Waals surface area contributed by atoms with Gasteiger partial charge >= 0.3 is 12.6 Å². The molecule has 2 rings (SSSR count). The molecule has 0 aromatic carbocycles. The Labute approximate surface area is 191 Å². The third-order valence-corrected chi connectivity index (χ3v) is 5.05. The number of hydrogen-bond acceptors (Lipinski definition) is 4. The second-order valence-corrected chi connectivity index (χ2v) is 8.48. The quantitative estimate of drug-likeness (QED) is 0.481. The molecule has 0 aliphatic carbocycles. The van der Waals surface area contributed by atoms with Crippen LogP contribution in [0.1, 0.15) is 52.3 Å². The number of rotatable bonds is 9. The summed E-state index contributed by atoms with van der Waals surface area (Å²) in [6.45, 7) is 11.2. The fourth-order valence-corrected chi connectivity index (χ4v) is 3.43. The molecule has 2 atom stereocenters. The Bertz CT molecular complexity index is 1030. The zero-order valence-electron chi connectivity index (χ0n) is 19.1. The number of amides is 2. The first kappa shape index (κ1) is 25.7. The van der Waals surface area contributed by atoms with E-state index in [2.05, 4.69) is 28.6 Å². The molecule has 0 bridgehead atoms. The fourth-order valence-electron chi connectivity index (χ4n) is 3.43. The molecule has 178 valence electrons. The summed E-state index contributed by atoms with van der Waals surface area (Å²) >= 11 is 0. The molecular formula is C23H29F2N5O3. The molecule has 33 heavy (non-hydrogen) atoms. The molecule has 0 aliphatic heterocycles.